The lowest BCUT2D eigenvalue weighted by Gasteiger charge is -2.35. The summed E-state index contributed by atoms with van der Waals surface area (Å²) < 4.78 is 10.4. The molecule has 1 aromatic carbocycles. The Labute approximate surface area is 158 Å². The van der Waals surface area contributed by atoms with Crippen LogP contribution in [0.4, 0.5) is 5.69 Å². The molecular weight excluding hydrogens is 346 g/mol. The molecule has 7 nitrogen and oxygen atoms in total. The number of esters is 2. The Morgan fingerprint density at radius 3 is 2.37 bits per heavy atom. The van der Waals surface area contributed by atoms with E-state index in [-0.39, 0.29) is 5.97 Å². The summed E-state index contributed by atoms with van der Waals surface area (Å²) in [5.74, 6) is -0.785. The Morgan fingerprint density at radius 1 is 1.04 bits per heavy atom. The van der Waals surface area contributed by atoms with Gasteiger partial charge in [0.25, 0.3) is 0 Å². The van der Waals surface area contributed by atoms with Crippen LogP contribution >= 0.6 is 0 Å². The fraction of sp³-hybridized carbons (Fsp3) is 0.450. The number of carbonyl (C=O) groups excluding carboxylic acids is 2. The monoisotopic (exact) mass is 371 g/mol. The van der Waals surface area contributed by atoms with Crippen LogP contribution < -0.4 is 4.90 Å². The molecule has 0 atom stereocenters. The number of pyridine rings is 1. The van der Waals surface area contributed by atoms with Gasteiger partial charge in [0.1, 0.15) is 5.56 Å². The molecule has 0 radical (unpaired) electrons. The van der Waals surface area contributed by atoms with Gasteiger partial charge < -0.3 is 19.3 Å². The Hall–Kier alpha value is -2.67. The number of benzene rings is 1. The van der Waals surface area contributed by atoms with Crippen molar-refractivity contribution in [1.82, 2.24) is 9.88 Å². The highest BCUT2D eigenvalue weighted by molar-refractivity contribution is 6.07. The predicted octanol–water partition coefficient (Wildman–Crippen LogP) is 2.34. The fourth-order valence-corrected chi connectivity index (χ4v) is 3.25. The minimum absolute atomic E-state index is 0.294. The minimum Gasteiger partial charge on any atom is -0.462 e. The van der Waals surface area contributed by atoms with Crippen LogP contribution in [-0.2, 0) is 9.47 Å². The molecule has 3 rings (SSSR count). The van der Waals surface area contributed by atoms with E-state index in [1.54, 1.807) is 38.2 Å². The highest BCUT2D eigenvalue weighted by atomic mass is 16.5. The third-order valence-corrected chi connectivity index (χ3v) is 4.67. The maximum atomic E-state index is 12.5. The number of carbonyl (C=O) groups is 2. The second-order valence-electron chi connectivity index (χ2n) is 6.48. The third kappa shape index (κ3) is 4.03. The molecule has 0 bridgehead atoms. The molecule has 1 aromatic heterocycles. The summed E-state index contributed by atoms with van der Waals surface area (Å²) in [4.78, 5) is 33.6. The highest BCUT2D eigenvalue weighted by Gasteiger charge is 2.24. The summed E-state index contributed by atoms with van der Waals surface area (Å²) in [7, 11) is 2.08. The lowest BCUT2D eigenvalue weighted by atomic mass is 10.0. The number of likely N-dealkylation sites (N-methyl/N-ethyl adjacent to an activating group) is 1. The molecule has 2 aromatic rings. The summed E-state index contributed by atoms with van der Waals surface area (Å²) in [5.41, 5.74) is 2.38. The van der Waals surface area contributed by atoms with E-state index in [0.29, 0.717) is 24.3 Å². The first-order valence-electron chi connectivity index (χ1n) is 9.25. The van der Waals surface area contributed by atoms with Crippen molar-refractivity contribution in [3.63, 3.8) is 0 Å². The molecule has 27 heavy (non-hydrogen) atoms. The molecular formula is C20H25N3O4. The van der Waals surface area contributed by atoms with E-state index in [9.17, 15) is 9.59 Å². The molecule has 0 saturated carbocycles. The topological polar surface area (TPSA) is 72.0 Å². The van der Waals surface area contributed by atoms with Crippen molar-refractivity contribution in [3.8, 4) is 0 Å². The molecule has 7 heteroatoms. The van der Waals surface area contributed by atoms with Gasteiger partial charge in [-0.1, -0.05) is 0 Å². The Bertz CT molecular complexity index is 839. The fourth-order valence-electron chi connectivity index (χ4n) is 3.25. The lowest BCUT2D eigenvalue weighted by Crippen LogP contribution is -2.45. The number of hydrogen-bond donors (Lipinski definition) is 0. The lowest BCUT2D eigenvalue weighted by molar-refractivity contribution is 0.0517. The SMILES string of the molecule is CCOC(=O)c1ccc2ncc(C(=O)OCC)c(N3CCN(C)CC3)c2c1. The Balaban J connectivity index is 2.14. The molecule has 0 aliphatic carbocycles. The number of aromatic nitrogens is 1. The van der Waals surface area contributed by atoms with Gasteiger partial charge in [0, 0.05) is 37.8 Å². The van der Waals surface area contributed by atoms with Crippen molar-refractivity contribution < 1.29 is 19.1 Å². The molecule has 144 valence electrons. The number of hydrogen-bond acceptors (Lipinski definition) is 7. The van der Waals surface area contributed by atoms with Crippen molar-refractivity contribution in [3.05, 3.63) is 35.5 Å². The van der Waals surface area contributed by atoms with E-state index in [1.165, 1.54) is 0 Å². The first-order chi connectivity index (χ1) is 13.0. The number of anilines is 1. The zero-order valence-electron chi connectivity index (χ0n) is 16.0. The summed E-state index contributed by atoms with van der Waals surface area (Å²) in [6.07, 6.45) is 1.57. The van der Waals surface area contributed by atoms with Crippen molar-refractivity contribution in [2.45, 2.75) is 13.8 Å². The second kappa shape index (κ2) is 8.35. The van der Waals surface area contributed by atoms with Crippen LogP contribution in [0, 0.1) is 0 Å². The van der Waals surface area contributed by atoms with Crippen LogP contribution in [0.2, 0.25) is 0 Å². The van der Waals surface area contributed by atoms with E-state index in [0.717, 1.165) is 42.8 Å². The van der Waals surface area contributed by atoms with Gasteiger partial charge in [-0.05, 0) is 39.1 Å². The van der Waals surface area contributed by atoms with Gasteiger partial charge >= 0.3 is 11.9 Å². The van der Waals surface area contributed by atoms with Crippen molar-refractivity contribution in [2.24, 2.45) is 0 Å². The largest absolute Gasteiger partial charge is 0.462 e. The van der Waals surface area contributed by atoms with Crippen LogP contribution in [0.5, 0.6) is 0 Å². The standard InChI is InChI=1S/C20H25N3O4/c1-4-26-19(24)14-6-7-17-15(12-14)18(23-10-8-22(3)9-11-23)16(13-21-17)20(25)27-5-2/h6-7,12-13H,4-5,8-11H2,1-3H3. The molecule has 1 aliphatic rings. The first kappa shape index (κ1) is 19.1. The summed E-state index contributed by atoms with van der Waals surface area (Å²) in [6.45, 7) is 7.51. The second-order valence-corrected chi connectivity index (χ2v) is 6.48. The van der Waals surface area contributed by atoms with Gasteiger partial charge in [0.05, 0.1) is 30.0 Å². The average molecular weight is 371 g/mol. The maximum Gasteiger partial charge on any atom is 0.341 e. The van der Waals surface area contributed by atoms with E-state index >= 15 is 0 Å². The van der Waals surface area contributed by atoms with Gasteiger partial charge in [-0.3, -0.25) is 4.98 Å². The minimum atomic E-state index is -0.401. The number of nitrogens with zero attached hydrogens (tertiary/aromatic N) is 3. The van der Waals surface area contributed by atoms with Crippen LogP contribution in [0.3, 0.4) is 0 Å². The smallest absolute Gasteiger partial charge is 0.341 e. The van der Waals surface area contributed by atoms with Crippen molar-refractivity contribution >= 4 is 28.5 Å². The van der Waals surface area contributed by atoms with E-state index < -0.39 is 5.97 Å². The molecule has 0 spiro atoms. The highest BCUT2D eigenvalue weighted by Crippen LogP contribution is 2.32. The van der Waals surface area contributed by atoms with Gasteiger partial charge in [-0.15, -0.1) is 0 Å². The van der Waals surface area contributed by atoms with Crippen molar-refractivity contribution in [1.29, 1.82) is 0 Å². The van der Waals surface area contributed by atoms with Crippen LogP contribution in [0.15, 0.2) is 24.4 Å². The van der Waals surface area contributed by atoms with Crippen LogP contribution in [-0.4, -0.2) is 68.3 Å². The molecule has 0 amide bonds. The zero-order valence-corrected chi connectivity index (χ0v) is 16.0. The first-order valence-corrected chi connectivity index (χ1v) is 9.25. The van der Waals surface area contributed by atoms with E-state index in [1.807, 2.05) is 0 Å². The van der Waals surface area contributed by atoms with Crippen LogP contribution in [0.1, 0.15) is 34.6 Å². The number of piperazine rings is 1. The third-order valence-electron chi connectivity index (χ3n) is 4.67. The van der Waals surface area contributed by atoms with Gasteiger partial charge in [-0.2, -0.15) is 0 Å². The predicted molar refractivity (Wildman–Crippen MR) is 103 cm³/mol. The number of fused-ring (bicyclic) bond motifs is 1. The Morgan fingerprint density at radius 2 is 1.70 bits per heavy atom. The van der Waals surface area contributed by atoms with Gasteiger partial charge in [0.2, 0.25) is 0 Å². The summed E-state index contributed by atoms with van der Waals surface area (Å²) >= 11 is 0. The number of ether oxygens (including phenoxy) is 2. The Kier molecular flexibility index (Phi) is 5.91. The molecule has 0 unspecified atom stereocenters. The normalized spacial score (nSPS) is 15.0. The van der Waals surface area contributed by atoms with E-state index in [4.69, 9.17) is 9.47 Å². The quantitative estimate of drug-likeness (QED) is 0.747. The van der Waals surface area contributed by atoms with Crippen molar-refractivity contribution in [2.75, 3.05) is 51.3 Å². The molecule has 1 aliphatic heterocycles. The zero-order chi connectivity index (χ0) is 19.4. The van der Waals surface area contributed by atoms with Gasteiger partial charge in [0.15, 0.2) is 0 Å². The van der Waals surface area contributed by atoms with E-state index in [2.05, 4.69) is 21.8 Å². The van der Waals surface area contributed by atoms with Crippen LogP contribution in [0.25, 0.3) is 10.9 Å². The molecule has 1 fully saturated rings. The molecule has 1 saturated heterocycles. The maximum absolute atomic E-state index is 12.5. The average Bonchev–Trinajstić information content (AvgIpc) is 2.67. The number of rotatable bonds is 5. The molecule has 2 heterocycles. The molecule has 0 N–H and O–H groups in total. The summed E-state index contributed by atoms with van der Waals surface area (Å²) in [5, 5.41) is 0.760. The summed E-state index contributed by atoms with van der Waals surface area (Å²) in [6, 6.07) is 5.25. The van der Waals surface area contributed by atoms with Gasteiger partial charge in [-0.25, -0.2) is 9.59 Å².